The Bertz CT molecular complexity index is 1190. The molecule has 7 nitrogen and oxygen atoms in total. The topological polar surface area (TPSA) is 70.1 Å². The van der Waals surface area contributed by atoms with Crippen LogP contribution in [0.5, 0.6) is 5.75 Å². The van der Waals surface area contributed by atoms with Gasteiger partial charge in [0, 0.05) is 49.9 Å². The zero-order valence-corrected chi connectivity index (χ0v) is 21.6. The summed E-state index contributed by atoms with van der Waals surface area (Å²) in [6, 6.07) is 14.0. The summed E-state index contributed by atoms with van der Waals surface area (Å²) in [7, 11) is 0. The van der Waals surface area contributed by atoms with E-state index in [1.54, 1.807) is 11.3 Å². The quantitative estimate of drug-likeness (QED) is 0.471. The van der Waals surface area contributed by atoms with Gasteiger partial charge in [0.2, 0.25) is 0 Å². The van der Waals surface area contributed by atoms with Gasteiger partial charge in [0.15, 0.2) is 0 Å². The lowest BCUT2D eigenvalue weighted by atomic mass is 10.1. The fraction of sp³-hybridized carbons (Fsp3) is 0.423. The highest BCUT2D eigenvalue weighted by Gasteiger charge is 2.28. The fourth-order valence-corrected chi connectivity index (χ4v) is 5.59. The van der Waals surface area contributed by atoms with Crippen LogP contribution >= 0.6 is 22.9 Å². The number of halogens is 1. The van der Waals surface area contributed by atoms with Crippen LogP contribution < -0.4 is 10.2 Å². The van der Waals surface area contributed by atoms with Gasteiger partial charge in [-0.25, -0.2) is 4.98 Å². The highest BCUT2D eigenvalue weighted by Crippen LogP contribution is 2.26. The van der Waals surface area contributed by atoms with Crippen LogP contribution in [0.3, 0.4) is 0 Å². The molecule has 0 amide bonds. The minimum Gasteiger partial charge on any atom is -0.491 e. The first kappa shape index (κ1) is 24.5. The van der Waals surface area contributed by atoms with E-state index in [1.807, 2.05) is 49.4 Å². The van der Waals surface area contributed by atoms with Gasteiger partial charge in [0.25, 0.3) is 0 Å². The van der Waals surface area contributed by atoms with Gasteiger partial charge in [-0.1, -0.05) is 23.7 Å². The molecule has 2 aliphatic heterocycles. The number of piperazine rings is 1. The van der Waals surface area contributed by atoms with Crippen LogP contribution in [0.25, 0.3) is 15.9 Å². The smallest absolute Gasteiger partial charge is 0.121 e. The molecule has 0 bridgehead atoms. The van der Waals surface area contributed by atoms with E-state index < -0.39 is 6.10 Å². The lowest BCUT2D eigenvalue weighted by Gasteiger charge is -2.41. The lowest BCUT2D eigenvalue weighted by molar-refractivity contribution is -0.00741. The first-order chi connectivity index (χ1) is 16.9. The van der Waals surface area contributed by atoms with E-state index in [0.717, 1.165) is 63.4 Å². The number of ether oxygens (including phenoxy) is 1. The van der Waals surface area contributed by atoms with Crippen molar-refractivity contribution in [1.29, 1.82) is 0 Å². The number of aryl methyl sites for hydroxylation is 1. The normalized spacial score (nSPS) is 22.2. The molecular formula is C26H31ClN4O3S. The standard InChI is InChI=1S/C26H31ClN4O3S/c1-17-13-30(15-23-12-24(29-34-23)19-3-5-20(27)6-4-19)9-10-31(17)14-21(32)16-33-22-7-8-26-25(11-22)28-18(2)35-26/h3-8,11-12,17,21,23,29,32H,9-10,13-16H2,1-2H3/t17-,21+,23?/m0/s1. The van der Waals surface area contributed by atoms with E-state index >= 15 is 0 Å². The van der Waals surface area contributed by atoms with Crippen molar-refractivity contribution in [2.24, 2.45) is 0 Å². The van der Waals surface area contributed by atoms with E-state index in [4.69, 9.17) is 21.2 Å². The molecule has 0 radical (unpaired) electrons. The first-order valence-corrected chi connectivity index (χ1v) is 13.2. The number of hydrogen-bond donors (Lipinski definition) is 2. The van der Waals surface area contributed by atoms with Gasteiger partial charge < -0.3 is 9.84 Å². The molecular weight excluding hydrogens is 484 g/mol. The van der Waals surface area contributed by atoms with Gasteiger partial charge >= 0.3 is 0 Å². The van der Waals surface area contributed by atoms with Crippen LogP contribution in [0.4, 0.5) is 0 Å². The van der Waals surface area contributed by atoms with E-state index in [1.165, 1.54) is 0 Å². The van der Waals surface area contributed by atoms with Crippen LogP contribution in [0.2, 0.25) is 5.02 Å². The summed E-state index contributed by atoms with van der Waals surface area (Å²) < 4.78 is 7.02. The molecule has 2 aromatic carbocycles. The predicted octanol–water partition coefficient (Wildman–Crippen LogP) is 3.95. The van der Waals surface area contributed by atoms with E-state index in [0.29, 0.717) is 12.6 Å². The number of fused-ring (bicyclic) bond motifs is 1. The van der Waals surface area contributed by atoms with E-state index in [2.05, 4.69) is 33.3 Å². The van der Waals surface area contributed by atoms with Crippen molar-refractivity contribution >= 4 is 38.9 Å². The number of β-amino-alcohol motifs (C(OH)–C–C–N with tert-alkyl or cyclic N) is 1. The molecule has 1 fully saturated rings. The Labute approximate surface area is 214 Å². The highest BCUT2D eigenvalue weighted by atomic mass is 35.5. The molecule has 9 heteroatoms. The van der Waals surface area contributed by atoms with Crippen molar-refractivity contribution in [1.82, 2.24) is 20.3 Å². The number of thiazole rings is 1. The molecule has 3 aromatic rings. The van der Waals surface area contributed by atoms with Crippen molar-refractivity contribution in [2.75, 3.05) is 39.3 Å². The average molecular weight is 515 g/mol. The highest BCUT2D eigenvalue weighted by molar-refractivity contribution is 7.18. The number of aromatic nitrogens is 1. The Morgan fingerprint density at radius 2 is 2.09 bits per heavy atom. The van der Waals surface area contributed by atoms with Gasteiger partial charge in [-0.05, 0) is 49.8 Å². The Morgan fingerprint density at radius 3 is 2.89 bits per heavy atom. The summed E-state index contributed by atoms with van der Waals surface area (Å²) in [5, 5.41) is 12.4. The summed E-state index contributed by atoms with van der Waals surface area (Å²) in [6.45, 7) is 8.66. The number of hydroxylamine groups is 1. The number of hydrogen-bond acceptors (Lipinski definition) is 8. The molecule has 5 rings (SSSR count). The zero-order valence-electron chi connectivity index (χ0n) is 20.0. The number of aliphatic hydroxyl groups excluding tert-OH is 1. The zero-order chi connectivity index (χ0) is 24.4. The predicted molar refractivity (Wildman–Crippen MR) is 141 cm³/mol. The maximum absolute atomic E-state index is 10.6. The molecule has 186 valence electrons. The Hall–Kier alpha value is -2.20. The maximum atomic E-state index is 10.6. The van der Waals surface area contributed by atoms with Crippen LogP contribution in [0, 0.1) is 6.92 Å². The van der Waals surface area contributed by atoms with Gasteiger partial charge in [0.1, 0.15) is 24.6 Å². The van der Waals surface area contributed by atoms with Crippen LogP contribution in [0.15, 0.2) is 48.5 Å². The molecule has 0 saturated carbocycles. The maximum Gasteiger partial charge on any atom is 0.121 e. The van der Waals surface area contributed by atoms with Crippen molar-refractivity contribution < 1.29 is 14.7 Å². The molecule has 3 atom stereocenters. The number of aliphatic hydroxyl groups is 1. The molecule has 2 N–H and O–H groups in total. The molecule has 2 aliphatic rings. The van der Waals surface area contributed by atoms with Gasteiger partial charge in [0.05, 0.1) is 20.9 Å². The molecule has 1 unspecified atom stereocenters. The number of nitrogens with one attached hydrogen (secondary N) is 1. The summed E-state index contributed by atoms with van der Waals surface area (Å²) in [6.07, 6.45) is 1.58. The minimum absolute atomic E-state index is 0.00254. The number of benzene rings is 2. The molecule has 0 spiro atoms. The van der Waals surface area contributed by atoms with Crippen LogP contribution in [-0.4, -0.2) is 77.5 Å². The SMILES string of the molecule is Cc1nc2cc(OC[C@H](O)CN3CCN(CC4C=C(c5ccc(Cl)cc5)NO4)C[C@@H]3C)ccc2s1. The van der Waals surface area contributed by atoms with Crippen molar-refractivity contribution in [3.05, 3.63) is 64.1 Å². The Kier molecular flexibility index (Phi) is 7.57. The van der Waals surface area contributed by atoms with E-state index in [9.17, 15) is 5.11 Å². The summed E-state index contributed by atoms with van der Waals surface area (Å²) in [5.74, 6) is 0.746. The second kappa shape index (κ2) is 10.8. The van der Waals surface area contributed by atoms with Crippen molar-refractivity contribution in [3.8, 4) is 5.75 Å². The molecule has 35 heavy (non-hydrogen) atoms. The fourth-order valence-electron chi connectivity index (χ4n) is 4.66. The number of rotatable bonds is 8. The van der Waals surface area contributed by atoms with Crippen LogP contribution in [-0.2, 0) is 4.84 Å². The summed E-state index contributed by atoms with van der Waals surface area (Å²) in [4.78, 5) is 15.1. The van der Waals surface area contributed by atoms with Crippen molar-refractivity contribution in [2.45, 2.75) is 32.1 Å². The van der Waals surface area contributed by atoms with Gasteiger partial charge in [-0.3, -0.25) is 20.1 Å². The minimum atomic E-state index is -0.552. The van der Waals surface area contributed by atoms with Gasteiger partial charge in [-0.2, -0.15) is 0 Å². The molecule has 3 heterocycles. The third-order valence-electron chi connectivity index (χ3n) is 6.47. The second-order valence-corrected chi connectivity index (χ2v) is 10.9. The summed E-state index contributed by atoms with van der Waals surface area (Å²) >= 11 is 7.66. The van der Waals surface area contributed by atoms with Crippen molar-refractivity contribution in [3.63, 3.8) is 0 Å². The van der Waals surface area contributed by atoms with Crippen LogP contribution in [0.1, 0.15) is 17.5 Å². The molecule has 0 aliphatic carbocycles. The number of nitrogens with zero attached hydrogens (tertiary/aromatic N) is 3. The Balaban J connectivity index is 1.07. The molecule has 1 aromatic heterocycles. The van der Waals surface area contributed by atoms with E-state index in [-0.39, 0.29) is 12.7 Å². The average Bonchev–Trinajstić information content (AvgIpc) is 3.45. The first-order valence-electron chi connectivity index (χ1n) is 12.0. The molecule has 1 saturated heterocycles. The monoisotopic (exact) mass is 514 g/mol. The lowest BCUT2D eigenvalue weighted by Crippen LogP contribution is -2.55. The largest absolute Gasteiger partial charge is 0.491 e. The third kappa shape index (κ3) is 6.14. The summed E-state index contributed by atoms with van der Waals surface area (Å²) in [5.41, 5.74) is 6.03. The Morgan fingerprint density at radius 1 is 1.26 bits per heavy atom. The van der Waals surface area contributed by atoms with Gasteiger partial charge in [-0.15, -0.1) is 11.3 Å². The second-order valence-electron chi connectivity index (χ2n) is 9.28. The third-order valence-corrected chi connectivity index (χ3v) is 7.67.